The standard InChI is InChI=1S/2C26H53NO3/c2*1-3-5-7-9-10-14-20-25(19-13-8-6-4-2)26(29)30-24-18-12-11-15-21-27-22-16-17-23-28/h2*25,27-28H,3-24H2,1-2H3. The average Bonchev–Trinajstić information content (AvgIpc) is 3.25. The lowest BCUT2D eigenvalue weighted by Gasteiger charge is -2.16. The third-order valence-corrected chi connectivity index (χ3v) is 11.8. The Morgan fingerprint density at radius 1 is 0.350 bits per heavy atom. The van der Waals surface area contributed by atoms with E-state index in [9.17, 15) is 9.59 Å². The molecule has 0 saturated carbocycles. The molecule has 0 radical (unpaired) electrons. The molecule has 0 aromatic heterocycles. The summed E-state index contributed by atoms with van der Waals surface area (Å²) in [5.74, 6) is 0.364. The maximum Gasteiger partial charge on any atom is 0.308 e. The molecule has 4 N–H and O–H groups in total. The first-order chi connectivity index (χ1) is 29.5. The van der Waals surface area contributed by atoms with Gasteiger partial charge in [0.15, 0.2) is 0 Å². The van der Waals surface area contributed by atoms with Gasteiger partial charge in [0.05, 0.1) is 25.0 Å². The lowest BCUT2D eigenvalue weighted by atomic mass is 9.94. The van der Waals surface area contributed by atoms with Crippen LogP contribution >= 0.6 is 0 Å². The van der Waals surface area contributed by atoms with Gasteiger partial charge in [-0.15, -0.1) is 0 Å². The van der Waals surface area contributed by atoms with Crippen LogP contribution in [0.2, 0.25) is 0 Å². The smallest absolute Gasteiger partial charge is 0.308 e. The molecule has 0 bridgehead atoms. The quantitative estimate of drug-likeness (QED) is 0.0353. The number of carbonyl (C=O) groups excluding carboxylic acids is 2. The second-order valence-electron chi connectivity index (χ2n) is 17.7. The Morgan fingerprint density at radius 3 is 0.917 bits per heavy atom. The molecule has 60 heavy (non-hydrogen) atoms. The van der Waals surface area contributed by atoms with Crippen LogP contribution in [0.3, 0.4) is 0 Å². The second-order valence-corrected chi connectivity index (χ2v) is 17.7. The van der Waals surface area contributed by atoms with E-state index in [1.807, 2.05) is 0 Å². The minimum Gasteiger partial charge on any atom is -0.465 e. The van der Waals surface area contributed by atoms with Crippen molar-refractivity contribution in [2.75, 3.05) is 52.6 Å². The molecule has 360 valence electrons. The van der Waals surface area contributed by atoms with Gasteiger partial charge in [0.2, 0.25) is 0 Å². The van der Waals surface area contributed by atoms with Gasteiger partial charge >= 0.3 is 11.9 Å². The Balaban J connectivity index is 0. The maximum atomic E-state index is 12.6. The summed E-state index contributed by atoms with van der Waals surface area (Å²) in [6.45, 7) is 14.8. The molecule has 2 atom stereocenters. The van der Waals surface area contributed by atoms with Gasteiger partial charge in [-0.25, -0.2) is 0 Å². The summed E-state index contributed by atoms with van der Waals surface area (Å²) in [6.07, 6.45) is 42.0. The van der Waals surface area contributed by atoms with Crippen molar-refractivity contribution in [2.24, 2.45) is 11.8 Å². The van der Waals surface area contributed by atoms with Crippen LogP contribution in [0.15, 0.2) is 0 Å². The van der Waals surface area contributed by atoms with E-state index >= 15 is 0 Å². The summed E-state index contributed by atoms with van der Waals surface area (Å²) in [5, 5.41) is 24.3. The summed E-state index contributed by atoms with van der Waals surface area (Å²) in [6, 6.07) is 0. The largest absolute Gasteiger partial charge is 0.465 e. The highest BCUT2D eigenvalue weighted by atomic mass is 16.5. The van der Waals surface area contributed by atoms with Crippen LogP contribution in [0.5, 0.6) is 0 Å². The second kappa shape index (κ2) is 53.9. The van der Waals surface area contributed by atoms with Crippen LogP contribution in [0.25, 0.3) is 0 Å². The number of hydrogen-bond donors (Lipinski definition) is 4. The van der Waals surface area contributed by atoms with Gasteiger partial charge in [0.1, 0.15) is 0 Å². The number of rotatable bonds is 48. The molecule has 0 spiro atoms. The topological polar surface area (TPSA) is 117 Å². The molecule has 0 aromatic carbocycles. The predicted octanol–water partition coefficient (Wildman–Crippen LogP) is 13.6. The number of esters is 2. The first-order valence-corrected chi connectivity index (χ1v) is 26.5. The number of unbranched alkanes of at least 4 members (excludes halogenated alkanes) is 24. The van der Waals surface area contributed by atoms with Gasteiger partial charge in [-0.05, 0) is 103 Å². The molecular formula is C52H106N2O6. The molecule has 0 aromatic rings. The number of nitrogens with one attached hydrogen (secondary N) is 2. The maximum absolute atomic E-state index is 12.6. The van der Waals surface area contributed by atoms with Crippen molar-refractivity contribution in [3.8, 4) is 0 Å². The highest BCUT2D eigenvalue weighted by molar-refractivity contribution is 5.72. The molecule has 8 nitrogen and oxygen atoms in total. The number of hydrogen-bond acceptors (Lipinski definition) is 8. The minimum atomic E-state index is 0.0607. The summed E-state index contributed by atoms with van der Waals surface area (Å²) in [7, 11) is 0. The molecule has 8 heteroatoms. The number of ether oxygens (including phenoxy) is 2. The molecule has 0 amide bonds. The van der Waals surface area contributed by atoms with Gasteiger partial charge in [-0.3, -0.25) is 9.59 Å². The van der Waals surface area contributed by atoms with Crippen LogP contribution in [-0.4, -0.2) is 74.8 Å². The Kier molecular flexibility index (Phi) is 54.7. The van der Waals surface area contributed by atoms with Gasteiger partial charge in [0.25, 0.3) is 0 Å². The zero-order valence-electron chi connectivity index (χ0n) is 40.8. The van der Waals surface area contributed by atoms with Crippen molar-refractivity contribution in [1.29, 1.82) is 0 Å². The lowest BCUT2D eigenvalue weighted by molar-refractivity contribution is -0.150. The first kappa shape index (κ1) is 60.9. The Labute approximate surface area is 374 Å². The van der Waals surface area contributed by atoms with E-state index < -0.39 is 0 Å². The zero-order chi connectivity index (χ0) is 44.3. The normalized spacial score (nSPS) is 12.2. The summed E-state index contributed by atoms with van der Waals surface area (Å²) in [4.78, 5) is 25.2. The highest BCUT2D eigenvalue weighted by Crippen LogP contribution is 2.22. The average molecular weight is 855 g/mol. The van der Waals surface area contributed by atoms with Crippen molar-refractivity contribution in [3.63, 3.8) is 0 Å². The molecule has 2 unspecified atom stereocenters. The number of carbonyl (C=O) groups is 2. The van der Waals surface area contributed by atoms with E-state index in [1.54, 1.807) is 0 Å². The van der Waals surface area contributed by atoms with Gasteiger partial charge < -0.3 is 30.3 Å². The fourth-order valence-electron chi connectivity index (χ4n) is 7.70. The van der Waals surface area contributed by atoms with E-state index in [0.29, 0.717) is 26.4 Å². The fourth-order valence-corrected chi connectivity index (χ4v) is 7.70. The van der Waals surface area contributed by atoms with Gasteiger partial charge in [-0.2, -0.15) is 0 Å². The van der Waals surface area contributed by atoms with Crippen LogP contribution in [-0.2, 0) is 19.1 Å². The lowest BCUT2D eigenvalue weighted by Crippen LogP contribution is -2.19. The van der Waals surface area contributed by atoms with E-state index in [0.717, 1.165) is 116 Å². The SMILES string of the molecule is CCCCCCCCC(CCCCCC)C(=O)OCCCCCCNCCCCO.CCCCCCCCC(CCCCCC)C(=O)OCCCCCCNCCCCO. The Hall–Kier alpha value is -1.22. The van der Waals surface area contributed by atoms with E-state index in [1.165, 1.54) is 141 Å². The molecular weight excluding hydrogens is 749 g/mol. The first-order valence-electron chi connectivity index (χ1n) is 26.5. The zero-order valence-corrected chi connectivity index (χ0v) is 40.8. The number of aliphatic hydroxyl groups is 2. The molecule has 0 aliphatic rings. The predicted molar refractivity (Wildman–Crippen MR) is 258 cm³/mol. The van der Waals surface area contributed by atoms with Gasteiger partial charge in [0, 0.05) is 13.2 Å². The Bertz CT molecular complexity index is 764. The molecule has 0 rings (SSSR count). The van der Waals surface area contributed by atoms with E-state index in [2.05, 4.69) is 38.3 Å². The molecule has 0 saturated heterocycles. The van der Waals surface area contributed by atoms with Crippen molar-refractivity contribution < 1.29 is 29.3 Å². The highest BCUT2D eigenvalue weighted by Gasteiger charge is 2.20. The van der Waals surface area contributed by atoms with E-state index in [4.69, 9.17) is 19.7 Å². The molecule has 0 aliphatic carbocycles. The van der Waals surface area contributed by atoms with Crippen molar-refractivity contribution >= 4 is 11.9 Å². The monoisotopic (exact) mass is 855 g/mol. The van der Waals surface area contributed by atoms with Crippen molar-refractivity contribution in [3.05, 3.63) is 0 Å². The Morgan fingerprint density at radius 2 is 0.600 bits per heavy atom. The van der Waals surface area contributed by atoms with Crippen molar-refractivity contribution in [2.45, 2.75) is 259 Å². The van der Waals surface area contributed by atoms with Gasteiger partial charge in [-0.1, -0.05) is 182 Å². The number of aliphatic hydroxyl groups excluding tert-OH is 2. The third kappa shape index (κ3) is 47.8. The summed E-state index contributed by atoms with van der Waals surface area (Å²) in [5.41, 5.74) is 0. The van der Waals surface area contributed by atoms with E-state index in [-0.39, 0.29) is 23.8 Å². The summed E-state index contributed by atoms with van der Waals surface area (Å²) >= 11 is 0. The van der Waals surface area contributed by atoms with Crippen LogP contribution in [0, 0.1) is 11.8 Å². The molecule has 0 aliphatic heterocycles. The minimum absolute atomic E-state index is 0.0607. The molecule has 0 fully saturated rings. The summed E-state index contributed by atoms with van der Waals surface area (Å²) < 4.78 is 11.3. The molecule has 0 heterocycles. The fraction of sp³-hybridized carbons (Fsp3) is 0.962. The third-order valence-electron chi connectivity index (χ3n) is 11.8. The van der Waals surface area contributed by atoms with Crippen molar-refractivity contribution in [1.82, 2.24) is 10.6 Å². The van der Waals surface area contributed by atoms with Crippen LogP contribution in [0.4, 0.5) is 0 Å². The van der Waals surface area contributed by atoms with Crippen LogP contribution in [0.1, 0.15) is 259 Å². The van der Waals surface area contributed by atoms with Crippen LogP contribution < -0.4 is 10.6 Å².